The van der Waals surface area contributed by atoms with Crippen molar-refractivity contribution in [3.8, 4) is 11.5 Å². The van der Waals surface area contributed by atoms with Gasteiger partial charge in [-0.1, -0.05) is 54.6 Å². The van der Waals surface area contributed by atoms with Gasteiger partial charge in [0, 0.05) is 12.0 Å². The van der Waals surface area contributed by atoms with Gasteiger partial charge in [0.2, 0.25) is 0 Å². The molecule has 3 aromatic rings. The van der Waals surface area contributed by atoms with Crippen LogP contribution in [0.5, 0.6) is 11.5 Å². The molecule has 0 bridgehead atoms. The number of methoxy groups -OCH3 is 1. The smallest absolute Gasteiger partial charge is 0.430 e. The second-order valence-electron chi connectivity index (χ2n) is 8.37. The number of esters is 1. The van der Waals surface area contributed by atoms with E-state index in [4.69, 9.17) is 9.47 Å². The molecule has 38 heavy (non-hydrogen) atoms. The minimum absolute atomic E-state index is 0.0119. The third kappa shape index (κ3) is 6.97. The van der Waals surface area contributed by atoms with Gasteiger partial charge >= 0.3 is 18.3 Å². The summed E-state index contributed by atoms with van der Waals surface area (Å²) in [5, 5.41) is 9.58. The fraction of sp³-hybridized carbons (Fsp3) is 0.296. The van der Waals surface area contributed by atoms with Gasteiger partial charge in [-0.05, 0) is 35.4 Å². The Labute approximate surface area is 214 Å². The molecule has 1 N–H and O–H groups in total. The second kappa shape index (κ2) is 11.8. The van der Waals surface area contributed by atoms with Crippen molar-refractivity contribution in [1.82, 2.24) is 0 Å². The number of hydrogen-bond acceptors (Lipinski definition) is 5. The van der Waals surface area contributed by atoms with Crippen LogP contribution in [0.15, 0.2) is 78.9 Å². The van der Waals surface area contributed by atoms with Crippen molar-refractivity contribution in [2.75, 3.05) is 13.7 Å². The van der Waals surface area contributed by atoms with Crippen LogP contribution in [-0.4, -0.2) is 43.2 Å². The zero-order valence-corrected chi connectivity index (χ0v) is 20.1. The molecule has 0 fully saturated rings. The summed E-state index contributed by atoms with van der Waals surface area (Å²) in [5.41, 5.74) is -4.84. The maximum Gasteiger partial charge on any atom is 0.430 e. The van der Waals surface area contributed by atoms with E-state index in [9.17, 15) is 36.2 Å². The fourth-order valence-corrected chi connectivity index (χ4v) is 3.60. The number of rotatable bonds is 10. The molecule has 3 rings (SSSR count). The lowest BCUT2D eigenvalue weighted by atomic mass is 9.92. The van der Waals surface area contributed by atoms with Crippen molar-refractivity contribution in [3.63, 3.8) is 0 Å². The molecule has 204 valence electrons. The molecule has 0 unspecified atom stereocenters. The van der Waals surface area contributed by atoms with E-state index in [-0.39, 0.29) is 18.8 Å². The third-order valence-electron chi connectivity index (χ3n) is 5.64. The van der Waals surface area contributed by atoms with Crippen LogP contribution >= 0.6 is 0 Å². The Morgan fingerprint density at radius 1 is 0.789 bits per heavy atom. The predicted octanol–water partition coefficient (Wildman–Crippen LogP) is 5.78. The summed E-state index contributed by atoms with van der Waals surface area (Å²) >= 11 is 0. The van der Waals surface area contributed by atoms with Gasteiger partial charge in [-0.15, -0.1) is 0 Å². The van der Waals surface area contributed by atoms with Gasteiger partial charge in [-0.2, -0.15) is 26.3 Å². The lowest BCUT2D eigenvalue weighted by molar-refractivity contribution is -0.376. The Hall–Kier alpha value is -3.73. The average molecular weight is 542 g/mol. The van der Waals surface area contributed by atoms with E-state index in [1.54, 1.807) is 36.4 Å². The summed E-state index contributed by atoms with van der Waals surface area (Å²) in [6.07, 6.45) is -12.2. The zero-order valence-electron chi connectivity index (χ0n) is 20.1. The quantitative estimate of drug-likeness (QED) is 0.260. The van der Waals surface area contributed by atoms with E-state index in [2.05, 4.69) is 4.74 Å². The van der Waals surface area contributed by atoms with Crippen LogP contribution in [0.3, 0.4) is 0 Å². The van der Waals surface area contributed by atoms with E-state index in [0.717, 1.165) is 17.7 Å². The summed E-state index contributed by atoms with van der Waals surface area (Å²) in [7, 11) is 1.28. The molecule has 11 heteroatoms. The van der Waals surface area contributed by atoms with Gasteiger partial charge in [0.25, 0.3) is 5.60 Å². The van der Waals surface area contributed by atoms with Crippen LogP contribution in [0, 0.1) is 0 Å². The van der Waals surface area contributed by atoms with Crippen LogP contribution in [0.2, 0.25) is 0 Å². The fourth-order valence-electron chi connectivity index (χ4n) is 3.60. The molecular weight excluding hydrogens is 518 g/mol. The van der Waals surface area contributed by atoms with Crippen molar-refractivity contribution in [2.24, 2.45) is 0 Å². The Balaban J connectivity index is 1.76. The molecule has 0 amide bonds. The number of carbonyl (C=O) groups is 1. The molecule has 0 saturated heterocycles. The highest BCUT2D eigenvalue weighted by Gasteiger charge is 2.71. The lowest BCUT2D eigenvalue weighted by Crippen LogP contribution is -2.53. The molecule has 0 aromatic heterocycles. The minimum Gasteiger partial charge on any atom is -0.490 e. The van der Waals surface area contributed by atoms with E-state index < -0.39 is 35.6 Å². The lowest BCUT2D eigenvalue weighted by Gasteiger charge is -2.32. The SMILES string of the molecule is COC(=O)Cc1ccc(OC[C@@H](Cc2ccccc2)Oc2ccc(C(O)(C(F)(F)F)C(F)(F)F)cc2)cc1. The van der Waals surface area contributed by atoms with Crippen molar-refractivity contribution >= 4 is 5.97 Å². The van der Waals surface area contributed by atoms with Crippen molar-refractivity contribution in [1.29, 1.82) is 0 Å². The topological polar surface area (TPSA) is 65.0 Å². The number of halogens is 6. The Bertz CT molecular complexity index is 1160. The highest BCUT2D eigenvalue weighted by molar-refractivity contribution is 5.72. The van der Waals surface area contributed by atoms with E-state index in [1.807, 2.05) is 18.2 Å². The van der Waals surface area contributed by atoms with Gasteiger partial charge in [-0.3, -0.25) is 4.79 Å². The maximum absolute atomic E-state index is 13.2. The molecule has 0 radical (unpaired) electrons. The predicted molar refractivity (Wildman–Crippen MR) is 125 cm³/mol. The minimum atomic E-state index is -5.98. The maximum atomic E-state index is 13.2. The zero-order chi connectivity index (χ0) is 28.0. The first kappa shape index (κ1) is 28.8. The van der Waals surface area contributed by atoms with Crippen molar-refractivity contribution in [3.05, 3.63) is 95.6 Å². The Morgan fingerprint density at radius 2 is 1.34 bits per heavy atom. The first-order valence-corrected chi connectivity index (χ1v) is 11.3. The monoisotopic (exact) mass is 542 g/mol. The Kier molecular flexibility index (Phi) is 8.93. The summed E-state index contributed by atoms with van der Waals surface area (Å²) < 4.78 is 95.2. The van der Waals surface area contributed by atoms with Crippen LogP contribution in [0.25, 0.3) is 0 Å². The van der Waals surface area contributed by atoms with Crippen LogP contribution in [0.4, 0.5) is 26.3 Å². The molecule has 0 aliphatic carbocycles. The third-order valence-corrected chi connectivity index (χ3v) is 5.64. The van der Waals surface area contributed by atoms with Crippen molar-refractivity contribution in [2.45, 2.75) is 36.9 Å². The van der Waals surface area contributed by atoms with Crippen LogP contribution < -0.4 is 9.47 Å². The van der Waals surface area contributed by atoms with Crippen LogP contribution in [-0.2, 0) is 28.0 Å². The number of hydrogen-bond donors (Lipinski definition) is 1. The normalized spacial score (nSPS) is 13.1. The van der Waals surface area contributed by atoms with Gasteiger partial charge < -0.3 is 19.3 Å². The highest BCUT2D eigenvalue weighted by Crippen LogP contribution is 2.50. The van der Waals surface area contributed by atoms with Gasteiger partial charge in [0.05, 0.1) is 13.5 Å². The number of benzene rings is 3. The Morgan fingerprint density at radius 3 is 1.87 bits per heavy atom. The van der Waals surface area contributed by atoms with Crippen LogP contribution in [0.1, 0.15) is 16.7 Å². The van der Waals surface area contributed by atoms with Gasteiger partial charge in [-0.25, -0.2) is 0 Å². The standard InChI is InChI=1S/C27H24F6O5/c1-36-24(34)16-19-7-11-21(12-8-19)37-17-23(15-18-5-3-2-4-6-18)38-22-13-9-20(10-14-22)25(35,26(28,29)30)27(31,32)33/h2-14,23,35H,15-17H2,1H3/t23-/m1/s1. The van der Waals surface area contributed by atoms with Gasteiger partial charge in [0.1, 0.15) is 24.2 Å². The number of ether oxygens (including phenoxy) is 3. The first-order chi connectivity index (χ1) is 17.8. The second-order valence-corrected chi connectivity index (χ2v) is 8.37. The highest BCUT2D eigenvalue weighted by atomic mass is 19.4. The molecule has 0 heterocycles. The largest absolute Gasteiger partial charge is 0.490 e. The number of alkyl halides is 6. The van der Waals surface area contributed by atoms with E-state index in [1.165, 1.54) is 7.11 Å². The first-order valence-electron chi connectivity index (χ1n) is 11.3. The molecule has 0 spiro atoms. The molecule has 0 aliphatic heterocycles. The molecule has 0 aliphatic rings. The molecule has 3 aromatic carbocycles. The molecule has 1 atom stereocenters. The molecule has 0 saturated carbocycles. The number of aliphatic hydroxyl groups is 1. The molecular formula is C27H24F6O5. The summed E-state index contributed by atoms with van der Waals surface area (Å²) in [5.74, 6) is 0.0411. The summed E-state index contributed by atoms with van der Waals surface area (Å²) in [4.78, 5) is 11.4. The summed E-state index contributed by atoms with van der Waals surface area (Å²) in [6, 6.07) is 18.6. The average Bonchev–Trinajstić information content (AvgIpc) is 2.87. The number of carbonyl (C=O) groups excluding carboxylic acids is 1. The van der Waals surface area contributed by atoms with Crippen molar-refractivity contribution < 1.29 is 50.5 Å². The summed E-state index contributed by atoms with van der Waals surface area (Å²) in [6.45, 7) is -0.0119. The van der Waals surface area contributed by atoms with Gasteiger partial charge in [0.15, 0.2) is 0 Å². The molecule has 5 nitrogen and oxygen atoms in total. The van der Waals surface area contributed by atoms with E-state index in [0.29, 0.717) is 29.9 Å². The van der Waals surface area contributed by atoms with E-state index >= 15 is 0 Å².